The van der Waals surface area contributed by atoms with E-state index >= 15 is 0 Å². The molecule has 0 fully saturated rings. The zero-order chi connectivity index (χ0) is 16.6. The molecule has 120 valence electrons. The summed E-state index contributed by atoms with van der Waals surface area (Å²) in [7, 11) is 1.84. The number of hydrogen-bond acceptors (Lipinski definition) is 4. The highest BCUT2D eigenvalue weighted by atomic mass is 16.3. The van der Waals surface area contributed by atoms with Gasteiger partial charge in [0.05, 0.1) is 29.5 Å². The quantitative estimate of drug-likeness (QED) is 0.804. The van der Waals surface area contributed by atoms with Crippen molar-refractivity contribution in [1.29, 1.82) is 0 Å². The Labute approximate surface area is 134 Å². The van der Waals surface area contributed by atoms with Gasteiger partial charge < -0.3 is 9.73 Å². The summed E-state index contributed by atoms with van der Waals surface area (Å²) in [6.45, 7) is 6.36. The van der Waals surface area contributed by atoms with E-state index in [1.165, 1.54) is 0 Å². The number of aromatic nitrogens is 3. The fourth-order valence-corrected chi connectivity index (χ4v) is 2.61. The van der Waals surface area contributed by atoms with Crippen LogP contribution < -0.4 is 5.32 Å². The van der Waals surface area contributed by atoms with Gasteiger partial charge in [0.25, 0.3) is 5.91 Å². The Balaban J connectivity index is 2.02. The van der Waals surface area contributed by atoms with Crippen LogP contribution >= 0.6 is 0 Å². The fraction of sp³-hybridized carbons (Fsp3) is 0.353. The summed E-state index contributed by atoms with van der Waals surface area (Å²) in [6.07, 6.45) is 1.59. The molecule has 0 atom stereocenters. The number of furan rings is 1. The number of carbonyl (C=O) groups excluding carboxylic acids is 1. The van der Waals surface area contributed by atoms with E-state index in [2.05, 4.69) is 29.2 Å². The van der Waals surface area contributed by atoms with Gasteiger partial charge in [-0.2, -0.15) is 5.10 Å². The molecule has 0 aliphatic carbocycles. The summed E-state index contributed by atoms with van der Waals surface area (Å²) >= 11 is 0. The molecule has 0 saturated heterocycles. The molecule has 3 aromatic rings. The van der Waals surface area contributed by atoms with Gasteiger partial charge in [-0.05, 0) is 31.0 Å². The van der Waals surface area contributed by atoms with Crippen LogP contribution in [0.3, 0.4) is 0 Å². The summed E-state index contributed by atoms with van der Waals surface area (Å²) in [5.74, 6) is 0.800. The molecule has 0 aromatic carbocycles. The first-order chi connectivity index (χ1) is 11.0. The monoisotopic (exact) mass is 312 g/mol. The van der Waals surface area contributed by atoms with Crippen LogP contribution in [0, 0.1) is 6.92 Å². The second-order valence-corrected chi connectivity index (χ2v) is 5.92. The van der Waals surface area contributed by atoms with Gasteiger partial charge in [-0.3, -0.25) is 9.48 Å². The van der Waals surface area contributed by atoms with Crippen molar-refractivity contribution in [3.8, 4) is 0 Å². The normalized spacial score (nSPS) is 11.3. The lowest BCUT2D eigenvalue weighted by Gasteiger charge is -2.10. The molecule has 6 nitrogen and oxygen atoms in total. The van der Waals surface area contributed by atoms with Crippen molar-refractivity contribution >= 4 is 16.9 Å². The van der Waals surface area contributed by atoms with E-state index in [4.69, 9.17) is 4.42 Å². The maximum atomic E-state index is 12.7. The fourth-order valence-electron chi connectivity index (χ4n) is 2.61. The van der Waals surface area contributed by atoms with Crippen molar-refractivity contribution in [1.82, 2.24) is 20.1 Å². The van der Waals surface area contributed by atoms with E-state index < -0.39 is 0 Å². The highest BCUT2D eigenvalue weighted by Crippen LogP contribution is 2.24. The summed E-state index contributed by atoms with van der Waals surface area (Å²) in [5, 5.41) is 8.10. The van der Waals surface area contributed by atoms with Crippen LogP contribution in [-0.4, -0.2) is 20.7 Å². The number of rotatable bonds is 4. The molecule has 0 radical (unpaired) electrons. The van der Waals surface area contributed by atoms with E-state index in [-0.39, 0.29) is 11.8 Å². The average Bonchev–Trinajstić information content (AvgIpc) is 3.13. The second-order valence-electron chi connectivity index (χ2n) is 5.92. The average molecular weight is 312 g/mol. The molecule has 0 spiro atoms. The standard InChI is InChI=1S/C17H20N4O2/c1-10(2)14-8-13(15-11(3)20-21(4)16(15)19-14)17(22)18-9-12-6-5-7-23-12/h5-8,10H,9H2,1-4H3,(H,18,22). The lowest BCUT2D eigenvalue weighted by molar-refractivity contribution is 0.0949. The van der Waals surface area contributed by atoms with Crippen LogP contribution in [0.4, 0.5) is 0 Å². The number of nitrogens with zero attached hydrogens (tertiary/aromatic N) is 3. The van der Waals surface area contributed by atoms with Gasteiger partial charge in [0, 0.05) is 12.7 Å². The van der Waals surface area contributed by atoms with E-state index in [0.29, 0.717) is 12.1 Å². The third-order valence-electron chi connectivity index (χ3n) is 3.83. The molecule has 3 heterocycles. The van der Waals surface area contributed by atoms with Crippen LogP contribution in [0.1, 0.15) is 47.3 Å². The zero-order valence-corrected chi connectivity index (χ0v) is 13.8. The molecule has 23 heavy (non-hydrogen) atoms. The summed E-state index contributed by atoms with van der Waals surface area (Å²) < 4.78 is 6.98. The lowest BCUT2D eigenvalue weighted by atomic mass is 10.0. The van der Waals surface area contributed by atoms with Crippen molar-refractivity contribution in [3.63, 3.8) is 0 Å². The molecule has 6 heteroatoms. The molecule has 1 N–H and O–H groups in total. The van der Waals surface area contributed by atoms with Crippen LogP contribution in [0.5, 0.6) is 0 Å². The summed E-state index contributed by atoms with van der Waals surface area (Å²) in [5.41, 5.74) is 3.02. The topological polar surface area (TPSA) is 73.0 Å². The first-order valence-corrected chi connectivity index (χ1v) is 7.62. The van der Waals surface area contributed by atoms with Gasteiger partial charge in [0.15, 0.2) is 5.65 Å². The molecule has 3 aromatic heterocycles. The van der Waals surface area contributed by atoms with Gasteiger partial charge in [-0.25, -0.2) is 4.98 Å². The number of pyridine rings is 1. The van der Waals surface area contributed by atoms with Gasteiger partial charge >= 0.3 is 0 Å². The molecule has 1 amide bonds. The molecule has 0 saturated carbocycles. The smallest absolute Gasteiger partial charge is 0.252 e. The SMILES string of the molecule is Cc1nn(C)c2nc(C(C)C)cc(C(=O)NCc3ccco3)c12. The Bertz CT molecular complexity index is 847. The third kappa shape index (κ3) is 2.84. The minimum absolute atomic E-state index is 0.146. The summed E-state index contributed by atoms with van der Waals surface area (Å²) in [4.78, 5) is 17.3. The molecule has 3 rings (SSSR count). The van der Waals surface area contributed by atoms with E-state index in [1.807, 2.05) is 26.1 Å². The molecule has 0 bridgehead atoms. The maximum Gasteiger partial charge on any atom is 0.252 e. The second kappa shape index (κ2) is 5.87. The van der Waals surface area contributed by atoms with E-state index in [1.54, 1.807) is 17.0 Å². The van der Waals surface area contributed by atoms with Crippen LogP contribution in [0.15, 0.2) is 28.9 Å². The summed E-state index contributed by atoms with van der Waals surface area (Å²) in [6, 6.07) is 5.49. The predicted molar refractivity (Wildman–Crippen MR) is 87.2 cm³/mol. The third-order valence-corrected chi connectivity index (χ3v) is 3.83. The van der Waals surface area contributed by atoms with Crippen molar-refractivity contribution in [2.45, 2.75) is 33.2 Å². The first-order valence-electron chi connectivity index (χ1n) is 7.62. The molecule has 0 aliphatic rings. The Kier molecular flexibility index (Phi) is 3.90. The number of amides is 1. The highest BCUT2D eigenvalue weighted by Gasteiger charge is 2.19. The Morgan fingerprint density at radius 3 is 2.87 bits per heavy atom. The van der Waals surface area contributed by atoms with Crippen molar-refractivity contribution in [3.05, 3.63) is 47.2 Å². The molecule has 0 unspecified atom stereocenters. The Hall–Kier alpha value is -2.63. The Morgan fingerprint density at radius 2 is 2.22 bits per heavy atom. The molecular weight excluding hydrogens is 292 g/mol. The first kappa shape index (κ1) is 15.3. The molecular formula is C17H20N4O2. The minimum atomic E-state index is -0.146. The van der Waals surface area contributed by atoms with Crippen molar-refractivity contribution < 1.29 is 9.21 Å². The van der Waals surface area contributed by atoms with Crippen LogP contribution in [0.2, 0.25) is 0 Å². The van der Waals surface area contributed by atoms with Crippen molar-refractivity contribution in [2.24, 2.45) is 7.05 Å². The largest absolute Gasteiger partial charge is 0.467 e. The van der Waals surface area contributed by atoms with Crippen LogP contribution in [0.25, 0.3) is 11.0 Å². The van der Waals surface area contributed by atoms with Crippen LogP contribution in [-0.2, 0) is 13.6 Å². The maximum absolute atomic E-state index is 12.7. The van der Waals surface area contributed by atoms with E-state index in [0.717, 1.165) is 28.2 Å². The number of aryl methyl sites for hydroxylation is 2. The van der Waals surface area contributed by atoms with Gasteiger partial charge in [0.1, 0.15) is 5.76 Å². The number of hydrogen-bond donors (Lipinski definition) is 1. The van der Waals surface area contributed by atoms with Gasteiger partial charge in [-0.1, -0.05) is 13.8 Å². The van der Waals surface area contributed by atoms with Gasteiger partial charge in [-0.15, -0.1) is 0 Å². The highest BCUT2D eigenvalue weighted by molar-refractivity contribution is 6.06. The number of carbonyl (C=O) groups is 1. The van der Waals surface area contributed by atoms with E-state index in [9.17, 15) is 4.79 Å². The van der Waals surface area contributed by atoms with Gasteiger partial charge in [0.2, 0.25) is 0 Å². The number of nitrogens with one attached hydrogen (secondary N) is 1. The van der Waals surface area contributed by atoms with Crippen molar-refractivity contribution in [2.75, 3.05) is 0 Å². The molecule has 0 aliphatic heterocycles. The zero-order valence-electron chi connectivity index (χ0n) is 13.8. The number of fused-ring (bicyclic) bond motifs is 1. The minimum Gasteiger partial charge on any atom is -0.467 e. The predicted octanol–water partition coefficient (Wildman–Crippen LogP) is 2.92. The Morgan fingerprint density at radius 1 is 1.43 bits per heavy atom. The lowest BCUT2D eigenvalue weighted by Crippen LogP contribution is -2.23.